The van der Waals surface area contributed by atoms with Gasteiger partial charge >= 0.3 is 0 Å². The first kappa shape index (κ1) is 33.2. The van der Waals surface area contributed by atoms with Gasteiger partial charge in [-0.05, 0) is 87.4 Å². The molecule has 0 saturated heterocycles. The molecule has 0 amide bonds. The van der Waals surface area contributed by atoms with Gasteiger partial charge in [-0.15, -0.1) is 0 Å². The van der Waals surface area contributed by atoms with E-state index in [-0.39, 0.29) is 17.1 Å². The molecule has 1 aromatic heterocycles. The van der Waals surface area contributed by atoms with Crippen LogP contribution < -0.4 is 10.6 Å². The molecule has 0 radical (unpaired) electrons. The van der Waals surface area contributed by atoms with Crippen molar-refractivity contribution in [3.05, 3.63) is 183 Å². The van der Waals surface area contributed by atoms with Crippen LogP contribution in [0.3, 0.4) is 0 Å². The van der Waals surface area contributed by atoms with Crippen LogP contribution in [0.5, 0.6) is 0 Å². The molecule has 0 spiro atoms. The number of hydrogen-bond donors (Lipinski definition) is 0. The summed E-state index contributed by atoms with van der Waals surface area (Å²) >= 11 is 0. The van der Waals surface area contributed by atoms with Crippen LogP contribution in [-0.4, -0.2) is 16.5 Å². The maximum atomic E-state index is 5.63. The van der Waals surface area contributed by atoms with Gasteiger partial charge in [0.15, 0.2) is 0 Å². The maximum absolute atomic E-state index is 5.63. The van der Waals surface area contributed by atoms with Gasteiger partial charge < -0.3 is 9.47 Å². The molecule has 10 rings (SSSR count). The van der Waals surface area contributed by atoms with Crippen molar-refractivity contribution < 1.29 is 0 Å². The first-order valence-corrected chi connectivity index (χ1v) is 19.9. The van der Waals surface area contributed by atoms with Crippen LogP contribution in [0.25, 0.3) is 33.8 Å². The Morgan fingerprint density at radius 3 is 2.43 bits per heavy atom. The number of allylic oxidation sites excluding steroid dienone is 8. The Bertz CT molecular complexity index is 2660. The largest absolute Gasteiger partial charge is 0.335 e. The molecule has 1 aliphatic heterocycles. The highest BCUT2D eigenvalue weighted by Crippen LogP contribution is 2.63. The lowest BCUT2D eigenvalue weighted by atomic mass is 9.61. The quantitative estimate of drug-likeness (QED) is 0.183. The molecule has 0 saturated carbocycles. The lowest BCUT2D eigenvalue weighted by molar-refractivity contribution is 0.255. The van der Waals surface area contributed by atoms with E-state index in [0.717, 1.165) is 18.2 Å². The third-order valence-corrected chi connectivity index (χ3v) is 13.8. The van der Waals surface area contributed by atoms with Crippen molar-refractivity contribution in [3.63, 3.8) is 0 Å². The summed E-state index contributed by atoms with van der Waals surface area (Å²) in [5.41, 5.74) is 14.8. The number of para-hydroxylation sites is 1. The second-order valence-electron chi connectivity index (χ2n) is 17.2. The van der Waals surface area contributed by atoms with E-state index in [9.17, 15) is 0 Å². The zero-order chi connectivity index (χ0) is 36.9. The Hall–Kier alpha value is -5.41. The molecule has 3 heteroatoms. The highest BCUT2D eigenvalue weighted by atomic mass is 15.4. The molecule has 4 aliphatic carbocycles. The summed E-state index contributed by atoms with van der Waals surface area (Å²) in [6.45, 7) is 12.1. The number of rotatable bonds is 4. The molecule has 4 aromatic carbocycles. The standard InChI is InChI=1S/C51H49N3/c1-32-15-14-18-37(27-32)48-41-20-11-13-22-45(41)52-49(53(48)6)54-46-29-36(35-23-25-38(33(2)28-35)34-16-8-7-9-17-34)24-26-39(46)42-31-51(5)44(30-47(42)54)40-19-10-12-21-43(40)50(51,3)4/h7-26,28-30,32-33,38,49H,27,31H2,1-6H3. The van der Waals surface area contributed by atoms with Crippen LogP contribution in [0, 0.1) is 17.3 Å². The van der Waals surface area contributed by atoms with E-state index in [4.69, 9.17) is 4.99 Å². The number of nitrogens with zero attached hydrogens (tertiary/aromatic N) is 3. The number of benzene rings is 4. The number of hydrogen-bond acceptors (Lipinski definition) is 2. The SMILES string of the molecule is CC1C=CC=C(C2=c3ccccc3=NC(n3c4c(c5ccc(C6=CC(C)C(c7ccccc7)C=C6)cc53)CC3(C)C(=C4)c4ccccc4C3(C)C)N2C)C1. The van der Waals surface area contributed by atoms with Crippen LogP contribution in [0.2, 0.25) is 0 Å². The summed E-state index contributed by atoms with van der Waals surface area (Å²) in [6, 6.07) is 36.0. The van der Waals surface area contributed by atoms with Gasteiger partial charge in [-0.1, -0.05) is 156 Å². The smallest absolute Gasteiger partial charge is 0.203 e. The van der Waals surface area contributed by atoms with Gasteiger partial charge in [-0.25, -0.2) is 4.99 Å². The lowest BCUT2D eigenvalue weighted by Crippen LogP contribution is -2.43. The molecule has 268 valence electrons. The molecule has 0 N–H and O–H groups in total. The average molecular weight is 704 g/mol. The third-order valence-electron chi connectivity index (χ3n) is 13.8. The molecular formula is C51H49N3. The summed E-state index contributed by atoms with van der Waals surface area (Å²) in [4.78, 5) is 8.09. The zero-order valence-corrected chi connectivity index (χ0v) is 32.3. The predicted molar refractivity (Wildman–Crippen MR) is 225 cm³/mol. The minimum absolute atomic E-state index is 0.00578. The maximum Gasteiger partial charge on any atom is 0.203 e. The zero-order valence-electron chi connectivity index (χ0n) is 32.3. The van der Waals surface area contributed by atoms with Gasteiger partial charge in [0, 0.05) is 40.1 Å². The molecule has 0 fully saturated rings. The van der Waals surface area contributed by atoms with Gasteiger partial charge in [0.2, 0.25) is 6.29 Å². The second kappa shape index (κ2) is 12.0. The van der Waals surface area contributed by atoms with Crippen LogP contribution in [0.1, 0.15) is 86.8 Å². The Labute approximate surface area is 319 Å². The van der Waals surface area contributed by atoms with Crippen LogP contribution in [0.4, 0.5) is 0 Å². The normalized spacial score (nSPS) is 26.3. The summed E-state index contributed by atoms with van der Waals surface area (Å²) in [5.74, 6) is 1.26. The van der Waals surface area contributed by atoms with Gasteiger partial charge in [0.1, 0.15) is 0 Å². The van der Waals surface area contributed by atoms with Crippen molar-refractivity contribution in [3.8, 4) is 0 Å². The summed E-state index contributed by atoms with van der Waals surface area (Å²) in [5, 5.41) is 3.61. The minimum Gasteiger partial charge on any atom is -0.335 e. The average Bonchev–Trinajstić information content (AvgIpc) is 3.57. The summed E-state index contributed by atoms with van der Waals surface area (Å²) in [6.07, 6.45) is 18.4. The monoisotopic (exact) mass is 703 g/mol. The molecule has 0 bridgehead atoms. The van der Waals surface area contributed by atoms with Crippen molar-refractivity contribution in [1.29, 1.82) is 0 Å². The van der Waals surface area contributed by atoms with Gasteiger partial charge in [0.05, 0.1) is 16.6 Å². The van der Waals surface area contributed by atoms with E-state index < -0.39 is 0 Å². The highest BCUT2D eigenvalue weighted by molar-refractivity contribution is 5.99. The molecule has 5 unspecified atom stereocenters. The molecule has 5 aromatic rings. The number of likely N-dealkylation sites (N-methyl/N-ethyl adjacent to an activating group) is 1. The molecular weight excluding hydrogens is 655 g/mol. The Balaban J connectivity index is 1.19. The topological polar surface area (TPSA) is 20.5 Å². The molecule has 5 atom stereocenters. The molecule has 3 nitrogen and oxygen atoms in total. The van der Waals surface area contributed by atoms with Crippen molar-refractivity contribution >= 4 is 33.8 Å². The minimum atomic E-state index is -0.248. The van der Waals surface area contributed by atoms with E-state index in [1.807, 2.05) is 0 Å². The van der Waals surface area contributed by atoms with Crippen LogP contribution in [0.15, 0.2) is 144 Å². The Morgan fingerprint density at radius 1 is 0.833 bits per heavy atom. The number of fused-ring (bicyclic) bond motifs is 7. The van der Waals surface area contributed by atoms with Crippen molar-refractivity contribution in [2.24, 2.45) is 22.2 Å². The van der Waals surface area contributed by atoms with E-state index in [2.05, 4.69) is 191 Å². The summed E-state index contributed by atoms with van der Waals surface area (Å²) < 4.78 is 2.58. The van der Waals surface area contributed by atoms with Crippen molar-refractivity contribution in [1.82, 2.24) is 9.47 Å². The summed E-state index contributed by atoms with van der Waals surface area (Å²) in [7, 11) is 2.26. The fraction of sp³-hybridized carbons (Fsp3) is 0.275. The van der Waals surface area contributed by atoms with Crippen LogP contribution >= 0.6 is 0 Å². The van der Waals surface area contributed by atoms with E-state index in [1.165, 1.54) is 72.0 Å². The van der Waals surface area contributed by atoms with Crippen molar-refractivity contribution in [2.75, 3.05) is 7.05 Å². The van der Waals surface area contributed by atoms with E-state index >= 15 is 0 Å². The Morgan fingerprint density at radius 2 is 1.61 bits per heavy atom. The van der Waals surface area contributed by atoms with Gasteiger partial charge in [-0.3, -0.25) is 0 Å². The van der Waals surface area contributed by atoms with E-state index in [0.29, 0.717) is 17.8 Å². The fourth-order valence-corrected chi connectivity index (χ4v) is 10.5. The van der Waals surface area contributed by atoms with Gasteiger partial charge in [-0.2, -0.15) is 0 Å². The van der Waals surface area contributed by atoms with Gasteiger partial charge in [0.25, 0.3) is 0 Å². The first-order valence-electron chi connectivity index (χ1n) is 19.9. The third kappa shape index (κ3) is 4.76. The predicted octanol–water partition coefficient (Wildman–Crippen LogP) is 10.8. The highest BCUT2D eigenvalue weighted by Gasteiger charge is 2.54. The lowest BCUT2D eigenvalue weighted by Gasteiger charge is -2.42. The van der Waals surface area contributed by atoms with E-state index in [1.54, 1.807) is 0 Å². The fourth-order valence-electron chi connectivity index (χ4n) is 10.5. The number of aromatic nitrogens is 1. The molecule has 2 heterocycles. The second-order valence-corrected chi connectivity index (χ2v) is 17.2. The first-order chi connectivity index (χ1) is 26.1. The Kier molecular flexibility index (Phi) is 7.40. The molecule has 54 heavy (non-hydrogen) atoms. The van der Waals surface area contributed by atoms with Crippen LogP contribution in [-0.2, 0) is 11.8 Å². The van der Waals surface area contributed by atoms with Crippen molar-refractivity contribution in [2.45, 2.75) is 65.1 Å². The molecule has 5 aliphatic rings.